The van der Waals surface area contributed by atoms with Crippen LogP contribution in [0.1, 0.15) is 55.9 Å². The van der Waals surface area contributed by atoms with Crippen LogP contribution < -0.4 is 5.32 Å². The molecule has 0 radical (unpaired) electrons. The number of hydrogen-bond acceptors (Lipinski definition) is 2. The van der Waals surface area contributed by atoms with E-state index >= 15 is 0 Å². The van der Waals surface area contributed by atoms with E-state index in [0.717, 1.165) is 23.1 Å². The van der Waals surface area contributed by atoms with E-state index in [9.17, 15) is 9.59 Å². The molecule has 2 amide bonds. The summed E-state index contributed by atoms with van der Waals surface area (Å²) in [6, 6.07) is 13.0. The van der Waals surface area contributed by atoms with Crippen LogP contribution in [0.2, 0.25) is 5.02 Å². The number of carbonyl (C=O) groups is 2. The molecule has 1 N–H and O–H groups in total. The van der Waals surface area contributed by atoms with Crippen LogP contribution in [0.15, 0.2) is 42.5 Å². The number of benzene rings is 2. The van der Waals surface area contributed by atoms with Crippen LogP contribution in [0.3, 0.4) is 0 Å². The zero-order chi connectivity index (χ0) is 22.3. The maximum Gasteiger partial charge on any atom is 0.243 e. The van der Waals surface area contributed by atoms with E-state index < -0.39 is 6.04 Å². The van der Waals surface area contributed by atoms with Gasteiger partial charge in [0.1, 0.15) is 6.04 Å². The Morgan fingerprint density at radius 2 is 1.60 bits per heavy atom. The Hall–Kier alpha value is -2.33. The molecule has 162 valence electrons. The largest absolute Gasteiger partial charge is 0.352 e. The predicted molar refractivity (Wildman–Crippen MR) is 124 cm³/mol. The lowest BCUT2D eigenvalue weighted by Gasteiger charge is -2.31. The Morgan fingerprint density at radius 3 is 2.17 bits per heavy atom. The Labute approximate surface area is 185 Å². The van der Waals surface area contributed by atoms with E-state index in [1.807, 2.05) is 70.2 Å². The van der Waals surface area contributed by atoms with E-state index in [-0.39, 0.29) is 24.3 Å². The molecule has 2 aromatic carbocycles. The number of amides is 2. The van der Waals surface area contributed by atoms with Gasteiger partial charge in [-0.1, -0.05) is 55.8 Å². The molecule has 0 aromatic heterocycles. The van der Waals surface area contributed by atoms with E-state index in [2.05, 4.69) is 12.2 Å². The summed E-state index contributed by atoms with van der Waals surface area (Å²) < 4.78 is 0. The molecule has 0 fully saturated rings. The van der Waals surface area contributed by atoms with Crippen LogP contribution in [0.25, 0.3) is 0 Å². The van der Waals surface area contributed by atoms with Crippen molar-refractivity contribution < 1.29 is 9.59 Å². The third kappa shape index (κ3) is 6.60. The van der Waals surface area contributed by atoms with Gasteiger partial charge in [0.15, 0.2) is 0 Å². The third-order valence-electron chi connectivity index (χ3n) is 5.58. The highest BCUT2D eigenvalue weighted by Gasteiger charge is 2.29. The average Bonchev–Trinajstić information content (AvgIpc) is 2.71. The Morgan fingerprint density at radius 1 is 0.967 bits per heavy atom. The highest BCUT2D eigenvalue weighted by Crippen LogP contribution is 2.18. The summed E-state index contributed by atoms with van der Waals surface area (Å²) in [4.78, 5) is 28.0. The van der Waals surface area contributed by atoms with Crippen molar-refractivity contribution in [1.29, 1.82) is 0 Å². The Bertz CT molecular complexity index is 864. The fraction of sp³-hybridized carbons (Fsp3) is 0.440. The Kier molecular flexibility index (Phi) is 8.91. The lowest BCUT2D eigenvalue weighted by molar-refractivity contribution is -0.141. The fourth-order valence-electron chi connectivity index (χ4n) is 3.34. The van der Waals surface area contributed by atoms with Gasteiger partial charge in [-0.25, -0.2) is 0 Å². The quantitative estimate of drug-likeness (QED) is 0.595. The van der Waals surface area contributed by atoms with Crippen LogP contribution in [0.4, 0.5) is 0 Å². The monoisotopic (exact) mass is 428 g/mol. The zero-order valence-corrected chi connectivity index (χ0v) is 19.4. The molecule has 0 aliphatic rings. The van der Waals surface area contributed by atoms with Gasteiger partial charge in [-0.05, 0) is 68.0 Å². The van der Waals surface area contributed by atoms with Crippen LogP contribution in [0.5, 0.6) is 0 Å². The number of carbonyl (C=O) groups excluding carboxylic acids is 2. The number of nitrogens with one attached hydrogen (secondary N) is 1. The van der Waals surface area contributed by atoms with E-state index in [0.29, 0.717) is 18.0 Å². The minimum absolute atomic E-state index is 0.0562. The van der Waals surface area contributed by atoms with Crippen LogP contribution in [-0.2, 0) is 22.6 Å². The number of hydrogen-bond donors (Lipinski definition) is 1. The van der Waals surface area contributed by atoms with Crippen LogP contribution >= 0.6 is 11.6 Å². The maximum atomic E-state index is 13.4. The summed E-state index contributed by atoms with van der Waals surface area (Å²) in [5.74, 6) is -0.159. The molecule has 30 heavy (non-hydrogen) atoms. The maximum absolute atomic E-state index is 13.4. The topological polar surface area (TPSA) is 49.4 Å². The molecule has 2 atom stereocenters. The number of halogens is 1. The van der Waals surface area contributed by atoms with Gasteiger partial charge in [-0.15, -0.1) is 0 Å². The summed E-state index contributed by atoms with van der Waals surface area (Å²) in [5, 5.41) is 3.68. The van der Waals surface area contributed by atoms with Crippen molar-refractivity contribution >= 4 is 23.4 Å². The van der Waals surface area contributed by atoms with Crippen molar-refractivity contribution in [3.8, 4) is 0 Å². The predicted octanol–water partition coefficient (Wildman–Crippen LogP) is 5.22. The van der Waals surface area contributed by atoms with Crippen LogP contribution in [-0.4, -0.2) is 28.8 Å². The first-order valence-corrected chi connectivity index (χ1v) is 11.0. The molecule has 0 aliphatic heterocycles. The SMILES string of the molecule is CC[C@@H](C)NC(=O)[C@@H](CC)N(Cc1ccc(Cl)cc1)C(=O)Cc1ccc(C)c(C)c1. The first kappa shape index (κ1) is 23.9. The lowest BCUT2D eigenvalue weighted by Crippen LogP contribution is -2.51. The first-order chi connectivity index (χ1) is 14.2. The number of nitrogens with zero attached hydrogens (tertiary/aromatic N) is 1. The van der Waals surface area contributed by atoms with Gasteiger partial charge in [-0.3, -0.25) is 9.59 Å². The summed E-state index contributed by atoms with van der Waals surface area (Å²) >= 11 is 6.01. The van der Waals surface area contributed by atoms with Gasteiger partial charge in [0.2, 0.25) is 11.8 Å². The molecule has 2 rings (SSSR count). The van der Waals surface area contributed by atoms with Crippen molar-refractivity contribution in [2.45, 2.75) is 72.5 Å². The highest BCUT2D eigenvalue weighted by molar-refractivity contribution is 6.30. The highest BCUT2D eigenvalue weighted by atomic mass is 35.5. The fourth-order valence-corrected chi connectivity index (χ4v) is 3.46. The standard InChI is InChI=1S/C25H33ClN2O2/c1-6-19(5)27-25(30)23(7-2)28(16-20-10-12-22(26)13-11-20)24(29)15-21-9-8-17(3)18(4)14-21/h8-14,19,23H,6-7,15-16H2,1-5H3,(H,27,30)/t19-,23-/m1/s1. The van der Waals surface area contributed by atoms with Gasteiger partial charge in [0.25, 0.3) is 0 Å². The molecule has 0 heterocycles. The van der Waals surface area contributed by atoms with Gasteiger partial charge < -0.3 is 10.2 Å². The third-order valence-corrected chi connectivity index (χ3v) is 5.83. The molecule has 5 heteroatoms. The Balaban J connectivity index is 2.30. The molecule has 0 spiro atoms. The minimum atomic E-state index is -0.520. The average molecular weight is 429 g/mol. The molecule has 2 aromatic rings. The summed E-state index contributed by atoms with van der Waals surface area (Å²) in [5.41, 5.74) is 4.26. The second kappa shape index (κ2) is 11.2. The number of aryl methyl sites for hydroxylation is 2. The first-order valence-electron chi connectivity index (χ1n) is 10.7. The molecule has 0 aliphatic carbocycles. The summed E-state index contributed by atoms with van der Waals surface area (Å²) in [6.45, 7) is 10.4. The zero-order valence-electron chi connectivity index (χ0n) is 18.7. The second-order valence-electron chi connectivity index (χ2n) is 7.99. The van der Waals surface area contributed by atoms with Crippen molar-refractivity contribution in [3.63, 3.8) is 0 Å². The molecule has 0 unspecified atom stereocenters. The molecule has 0 bridgehead atoms. The molecule has 4 nitrogen and oxygen atoms in total. The van der Waals surface area contributed by atoms with Gasteiger partial charge >= 0.3 is 0 Å². The van der Waals surface area contributed by atoms with Gasteiger partial charge in [0.05, 0.1) is 6.42 Å². The lowest BCUT2D eigenvalue weighted by atomic mass is 10.0. The van der Waals surface area contributed by atoms with Gasteiger partial charge in [-0.2, -0.15) is 0 Å². The summed E-state index contributed by atoms with van der Waals surface area (Å²) in [6.07, 6.45) is 1.66. The second-order valence-corrected chi connectivity index (χ2v) is 8.42. The normalized spacial score (nSPS) is 12.9. The molecular weight excluding hydrogens is 396 g/mol. The molecule has 0 saturated carbocycles. The van der Waals surface area contributed by atoms with Crippen molar-refractivity contribution in [2.75, 3.05) is 0 Å². The van der Waals surface area contributed by atoms with E-state index in [1.165, 1.54) is 5.56 Å². The molecule has 0 saturated heterocycles. The van der Waals surface area contributed by atoms with Crippen molar-refractivity contribution in [3.05, 3.63) is 69.7 Å². The van der Waals surface area contributed by atoms with Crippen molar-refractivity contribution in [1.82, 2.24) is 10.2 Å². The van der Waals surface area contributed by atoms with E-state index in [1.54, 1.807) is 4.90 Å². The molecular formula is C25H33ClN2O2. The smallest absolute Gasteiger partial charge is 0.243 e. The summed E-state index contributed by atoms with van der Waals surface area (Å²) in [7, 11) is 0. The van der Waals surface area contributed by atoms with E-state index in [4.69, 9.17) is 11.6 Å². The minimum Gasteiger partial charge on any atom is -0.352 e. The van der Waals surface area contributed by atoms with Crippen molar-refractivity contribution in [2.24, 2.45) is 0 Å². The number of rotatable bonds is 9. The van der Waals surface area contributed by atoms with Crippen LogP contribution in [0, 0.1) is 13.8 Å². The van der Waals surface area contributed by atoms with Gasteiger partial charge in [0, 0.05) is 17.6 Å².